The number of hydrogen-bond acceptors (Lipinski definition) is 4. The molecule has 1 saturated heterocycles. The molecule has 0 aromatic carbocycles. The summed E-state index contributed by atoms with van der Waals surface area (Å²) in [4.78, 5) is 25.8. The highest BCUT2D eigenvalue weighted by Crippen LogP contribution is 2.28. The molecule has 0 saturated carbocycles. The standard InChI is InChI=1S/C17H18N4OS/c1-20-6-7-21(11-14(20)15-3-2-8-23-15)17(22)13-9-12-4-5-18-16(12)19-10-13/h2-5,8-10,14H,6-7,11H2,1H3,(H,18,19). The molecule has 5 nitrogen and oxygen atoms in total. The second-order valence-corrected chi connectivity index (χ2v) is 6.88. The lowest BCUT2D eigenvalue weighted by molar-refractivity contribution is 0.0551. The van der Waals surface area contributed by atoms with Crippen molar-refractivity contribution in [1.82, 2.24) is 19.8 Å². The fraction of sp³-hybridized carbons (Fsp3) is 0.294. The van der Waals surface area contributed by atoms with E-state index in [1.54, 1.807) is 17.5 Å². The number of likely N-dealkylation sites (N-methyl/N-ethyl adjacent to an activating group) is 1. The smallest absolute Gasteiger partial charge is 0.255 e. The molecular weight excluding hydrogens is 308 g/mol. The summed E-state index contributed by atoms with van der Waals surface area (Å²) in [6, 6.07) is 8.35. The van der Waals surface area contributed by atoms with E-state index in [4.69, 9.17) is 0 Å². The third kappa shape index (κ3) is 2.64. The van der Waals surface area contributed by atoms with Crippen LogP contribution in [0.1, 0.15) is 21.3 Å². The number of H-pyrrole nitrogens is 1. The number of carbonyl (C=O) groups excluding carboxylic acids is 1. The van der Waals surface area contributed by atoms with Crippen LogP contribution in [0.15, 0.2) is 42.0 Å². The predicted octanol–water partition coefficient (Wildman–Crippen LogP) is 2.75. The van der Waals surface area contributed by atoms with Gasteiger partial charge in [-0.2, -0.15) is 0 Å². The number of amides is 1. The first-order valence-electron chi connectivity index (χ1n) is 7.68. The van der Waals surface area contributed by atoms with Crippen LogP contribution < -0.4 is 0 Å². The van der Waals surface area contributed by atoms with E-state index in [1.165, 1.54) is 4.88 Å². The van der Waals surface area contributed by atoms with Crippen LogP contribution in [0, 0.1) is 0 Å². The van der Waals surface area contributed by atoms with E-state index in [0.29, 0.717) is 5.56 Å². The van der Waals surface area contributed by atoms with E-state index < -0.39 is 0 Å². The first-order valence-corrected chi connectivity index (χ1v) is 8.56. The van der Waals surface area contributed by atoms with Crippen LogP contribution in [0.4, 0.5) is 0 Å². The second-order valence-electron chi connectivity index (χ2n) is 5.90. The molecule has 1 atom stereocenters. The van der Waals surface area contributed by atoms with Crippen molar-refractivity contribution in [2.75, 3.05) is 26.7 Å². The number of nitrogens with zero attached hydrogens (tertiary/aromatic N) is 3. The third-order valence-corrected chi connectivity index (χ3v) is 5.43. The minimum absolute atomic E-state index is 0.0651. The molecule has 0 bridgehead atoms. The Hall–Kier alpha value is -2.18. The average Bonchev–Trinajstić information content (AvgIpc) is 3.25. The Labute approximate surface area is 138 Å². The van der Waals surface area contributed by atoms with Gasteiger partial charge in [0.05, 0.1) is 11.6 Å². The van der Waals surface area contributed by atoms with Crippen molar-refractivity contribution in [2.24, 2.45) is 0 Å². The number of pyridine rings is 1. The molecule has 0 spiro atoms. The molecule has 0 radical (unpaired) electrons. The Morgan fingerprint density at radius 3 is 3.13 bits per heavy atom. The average molecular weight is 326 g/mol. The Balaban J connectivity index is 1.58. The zero-order valence-corrected chi connectivity index (χ0v) is 13.7. The fourth-order valence-electron chi connectivity index (χ4n) is 3.09. The lowest BCUT2D eigenvalue weighted by Crippen LogP contribution is -2.48. The monoisotopic (exact) mass is 326 g/mol. The number of rotatable bonds is 2. The molecule has 3 aromatic heterocycles. The van der Waals surface area contributed by atoms with E-state index in [0.717, 1.165) is 30.7 Å². The van der Waals surface area contributed by atoms with Crippen LogP contribution in [-0.2, 0) is 0 Å². The molecule has 1 aliphatic heterocycles. The van der Waals surface area contributed by atoms with Gasteiger partial charge >= 0.3 is 0 Å². The Bertz CT molecular complexity index is 826. The second kappa shape index (κ2) is 5.79. The van der Waals surface area contributed by atoms with Gasteiger partial charge in [-0.15, -0.1) is 11.3 Å². The Morgan fingerprint density at radius 2 is 2.30 bits per heavy atom. The molecule has 0 aliphatic carbocycles. The van der Waals surface area contributed by atoms with Gasteiger partial charge in [0.15, 0.2) is 0 Å². The van der Waals surface area contributed by atoms with Crippen LogP contribution in [0.25, 0.3) is 11.0 Å². The van der Waals surface area contributed by atoms with Crippen molar-refractivity contribution in [3.05, 3.63) is 52.5 Å². The summed E-state index contributed by atoms with van der Waals surface area (Å²) in [6.07, 6.45) is 3.51. The number of aromatic nitrogens is 2. The first-order chi connectivity index (χ1) is 11.2. The van der Waals surface area contributed by atoms with Gasteiger partial charge in [0.1, 0.15) is 5.65 Å². The summed E-state index contributed by atoms with van der Waals surface area (Å²) in [5.74, 6) is 0.0651. The topological polar surface area (TPSA) is 52.2 Å². The normalized spacial score (nSPS) is 19.3. The van der Waals surface area contributed by atoms with Gasteiger partial charge in [0.2, 0.25) is 0 Å². The number of aromatic amines is 1. The van der Waals surface area contributed by atoms with Crippen LogP contribution >= 0.6 is 11.3 Å². The maximum atomic E-state index is 12.8. The third-order valence-electron chi connectivity index (χ3n) is 4.45. The number of carbonyl (C=O) groups is 1. The molecule has 3 aromatic rings. The molecule has 4 rings (SSSR count). The number of fused-ring (bicyclic) bond motifs is 1. The van der Waals surface area contributed by atoms with Crippen molar-refractivity contribution >= 4 is 28.3 Å². The lowest BCUT2D eigenvalue weighted by Gasteiger charge is -2.39. The molecule has 1 amide bonds. The largest absolute Gasteiger partial charge is 0.346 e. The van der Waals surface area contributed by atoms with Gasteiger partial charge < -0.3 is 9.88 Å². The van der Waals surface area contributed by atoms with E-state index in [1.807, 2.05) is 23.2 Å². The first kappa shape index (κ1) is 14.4. The summed E-state index contributed by atoms with van der Waals surface area (Å²) >= 11 is 1.75. The summed E-state index contributed by atoms with van der Waals surface area (Å²) in [5, 5.41) is 3.06. The van der Waals surface area contributed by atoms with Gasteiger partial charge in [-0.1, -0.05) is 6.07 Å². The Morgan fingerprint density at radius 1 is 1.39 bits per heavy atom. The molecule has 1 fully saturated rings. The number of thiophene rings is 1. The zero-order chi connectivity index (χ0) is 15.8. The highest BCUT2D eigenvalue weighted by atomic mass is 32.1. The van der Waals surface area contributed by atoms with E-state index >= 15 is 0 Å². The minimum atomic E-state index is 0.0651. The SMILES string of the molecule is CN1CCN(C(=O)c2cnc3[nH]ccc3c2)CC1c1cccs1. The Kier molecular flexibility index (Phi) is 3.63. The fourth-order valence-corrected chi connectivity index (χ4v) is 3.97. The lowest BCUT2D eigenvalue weighted by atomic mass is 10.1. The molecule has 118 valence electrons. The van der Waals surface area contributed by atoms with Crippen LogP contribution in [0.5, 0.6) is 0 Å². The van der Waals surface area contributed by atoms with E-state index in [9.17, 15) is 4.79 Å². The molecule has 23 heavy (non-hydrogen) atoms. The van der Waals surface area contributed by atoms with Gasteiger partial charge in [-0.25, -0.2) is 4.98 Å². The predicted molar refractivity (Wildman–Crippen MR) is 91.7 cm³/mol. The van der Waals surface area contributed by atoms with Gasteiger partial charge in [-0.3, -0.25) is 9.69 Å². The summed E-state index contributed by atoms with van der Waals surface area (Å²) in [5.41, 5.74) is 1.47. The van der Waals surface area contributed by atoms with Crippen molar-refractivity contribution in [1.29, 1.82) is 0 Å². The van der Waals surface area contributed by atoms with Gasteiger partial charge in [0, 0.05) is 42.3 Å². The van der Waals surface area contributed by atoms with E-state index in [2.05, 4.69) is 39.4 Å². The molecule has 1 unspecified atom stereocenters. The summed E-state index contributed by atoms with van der Waals surface area (Å²) in [6.45, 7) is 2.36. The summed E-state index contributed by atoms with van der Waals surface area (Å²) < 4.78 is 0. The number of hydrogen-bond donors (Lipinski definition) is 1. The quantitative estimate of drug-likeness (QED) is 0.788. The van der Waals surface area contributed by atoms with E-state index in [-0.39, 0.29) is 11.9 Å². The maximum absolute atomic E-state index is 12.8. The zero-order valence-electron chi connectivity index (χ0n) is 12.9. The minimum Gasteiger partial charge on any atom is -0.346 e. The maximum Gasteiger partial charge on any atom is 0.255 e. The van der Waals surface area contributed by atoms with Crippen LogP contribution in [0.3, 0.4) is 0 Å². The molecule has 1 N–H and O–H groups in total. The van der Waals surface area contributed by atoms with Crippen LogP contribution in [-0.4, -0.2) is 52.4 Å². The number of piperazine rings is 1. The van der Waals surface area contributed by atoms with Gasteiger partial charge in [-0.05, 0) is 30.6 Å². The van der Waals surface area contributed by atoms with Crippen molar-refractivity contribution in [2.45, 2.75) is 6.04 Å². The van der Waals surface area contributed by atoms with Crippen molar-refractivity contribution < 1.29 is 4.79 Å². The highest BCUT2D eigenvalue weighted by Gasteiger charge is 2.29. The molecule has 1 aliphatic rings. The van der Waals surface area contributed by atoms with Crippen molar-refractivity contribution in [3.63, 3.8) is 0 Å². The molecular formula is C17H18N4OS. The van der Waals surface area contributed by atoms with Crippen molar-refractivity contribution in [3.8, 4) is 0 Å². The molecule has 6 heteroatoms. The summed E-state index contributed by atoms with van der Waals surface area (Å²) in [7, 11) is 2.12. The highest BCUT2D eigenvalue weighted by molar-refractivity contribution is 7.10. The molecule has 4 heterocycles. The van der Waals surface area contributed by atoms with Crippen LogP contribution in [0.2, 0.25) is 0 Å². The van der Waals surface area contributed by atoms with Gasteiger partial charge in [0.25, 0.3) is 5.91 Å². The number of nitrogens with one attached hydrogen (secondary N) is 1.